The number of aryl methyl sites for hydroxylation is 1. The van der Waals surface area contributed by atoms with Crippen LogP contribution in [0.2, 0.25) is 0 Å². The fraction of sp³-hybridized carbons (Fsp3) is 0.583. The molecule has 0 radical (unpaired) electrons. The molecular formula is C24H37N5OS. The molecule has 0 amide bonds. The predicted octanol–water partition coefficient (Wildman–Crippen LogP) is 4.21. The fourth-order valence-electron chi connectivity index (χ4n) is 3.78. The summed E-state index contributed by atoms with van der Waals surface area (Å²) in [4.78, 5) is 11.5. The van der Waals surface area contributed by atoms with Crippen LogP contribution >= 0.6 is 11.3 Å². The van der Waals surface area contributed by atoms with Crippen molar-refractivity contribution in [1.29, 1.82) is 0 Å². The van der Waals surface area contributed by atoms with E-state index in [0.717, 1.165) is 48.5 Å². The zero-order chi connectivity index (χ0) is 22.3. The number of aromatic nitrogens is 1. The van der Waals surface area contributed by atoms with E-state index in [9.17, 15) is 0 Å². The van der Waals surface area contributed by atoms with E-state index in [1.807, 2.05) is 25.2 Å². The highest BCUT2D eigenvalue weighted by molar-refractivity contribution is 7.09. The predicted molar refractivity (Wildman–Crippen MR) is 130 cm³/mol. The van der Waals surface area contributed by atoms with Crippen LogP contribution < -0.4 is 15.4 Å². The highest BCUT2D eigenvalue weighted by Gasteiger charge is 2.20. The molecule has 0 spiro atoms. The van der Waals surface area contributed by atoms with Crippen LogP contribution in [0.4, 0.5) is 0 Å². The zero-order valence-corrected chi connectivity index (χ0v) is 20.4. The van der Waals surface area contributed by atoms with Gasteiger partial charge in [0.15, 0.2) is 5.96 Å². The van der Waals surface area contributed by atoms with Gasteiger partial charge in [0.2, 0.25) is 0 Å². The first kappa shape index (κ1) is 23.5. The van der Waals surface area contributed by atoms with E-state index in [-0.39, 0.29) is 5.60 Å². The number of para-hydroxylation sites is 1. The minimum Gasteiger partial charge on any atom is -0.488 e. The number of hydrogen-bond donors (Lipinski definition) is 2. The molecule has 1 saturated heterocycles. The maximum Gasteiger partial charge on any atom is 0.191 e. The molecule has 2 heterocycles. The standard InChI is InChI=1S/C24H37N5OS/c1-18-28-21(17-31-18)16-29-12-10-19(11-13-29)14-26-23(25-5)27-15-20-8-6-7-9-22(20)30-24(2,3)4/h6-9,17,19H,10-16H2,1-5H3,(H2,25,26,27). The number of likely N-dealkylation sites (tertiary alicyclic amines) is 1. The highest BCUT2D eigenvalue weighted by atomic mass is 32.1. The molecule has 1 fully saturated rings. The topological polar surface area (TPSA) is 61.8 Å². The summed E-state index contributed by atoms with van der Waals surface area (Å²) in [6, 6.07) is 8.18. The van der Waals surface area contributed by atoms with E-state index >= 15 is 0 Å². The third-order valence-corrected chi connectivity index (χ3v) is 6.20. The van der Waals surface area contributed by atoms with Crippen molar-refractivity contribution in [2.75, 3.05) is 26.7 Å². The van der Waals surface area contributed by atoms with Crippen LogP contribution in [0.25, 0.3) is 0 Å². The molecule has 1 aliphatic heterocycles. The summed E-state index contributed by atoms with van der Waals surface area (Å²) in [6.07, 6.45) is 2.41. The van der Waals surface area contributed by atoms with E-state index in [1.165, 1.54) is 18.5 Å². The summed E-state index contributed by atoms with van der Waals surface area (Å²) in [5.41, 5.74) is 2.12. The molecule has 1 aliphatic rings. The van der Waals surface area contributed by atoms with Crippen LogP contribution in [-0.4, -0.2) is 48.1 Å². The van der Waals surface area contributed by atoms with Gasteiger partial charge in [-0.3, -0.25) is 9.89 Å². The van der Waals surface area contributed by atoms with Gasteiger partial charge in [-0.2, -0.15) is 0 Å². The van der Waals surface area contributed by atoms with Crippen LogP contribution in [0.1, 0.15) is 49.9 Å². The number of guanidine groups is 1. The second kappa shape index (κ2) is 11.0. The van der Waals surface area contributed by atoms with Crippen molar-refractivity contribution in [3.05, 3.63) is 45.9 Å². The minimum absolute atomic E-state index is 0.219. The first-order valence-corrected chi connectivity index (χ1v) is 12.0. The van der Waals surface area contributed by atoms with Crippen LogP contribution in [0.3, 0.4) is 0 Å². The van der Waals surface area contributed by atoms with E-state index in [1.54, 1.807) is 11.3 Å². The van der Waals surface area contributed by atoms with Crippen molar-refractivity contribution in [2.45, 2.75) is 59.2 Å². The number of ether oxygens (including phenoxy) is 1. The molecular weight excluding hydrogens is 406 g/mol. The molecule has 2 aromatic rings. The number of thiazole rings is 1. The molecule has 0 unspecified atom stereocenters. The van der Waals surface area contributed by atoms with Gasteiger partial charge in [-0.05, 0) is 65.6 Å². The summed E-state index contributed by atoms with van der Waals surface area (Å²) >= 11 is 1.74. The molecule has 0 saturated carbocycles. The quantitative estimate of drug-likeness (QED) is 0.496. The normalized spacial score (nSPS) is 16.4. The Bertz CT molecular complexity index is 850. The second-order valence-electron chi connectivity index (χ2n) is 9.21. The largest absolute Gasteiger partial charge is 0.488 e. The van der Waals surface area contributed by atoms with Crippen LogP contribution in [0.15, 0.2) is 34.6 Å². The number of nitrogens with one attached hydrogen (secondary N) is 2. The van der Waals surface area contributed by atoms with Gasteiger partial charge in [0.25, 0.3) is 0 Å². The Hall–Kier alpha value is -2.12. The third-order valence-electron chi connectivity index (χ3n) is 5.38. The van der Waals surface area contributed by atoms with Gasteiger partial charge < -0.3 is 15.4 Å². The van der Waals surface area contributed by atoms with Gasteiger partial charge in [-0.15, -0.1) is 11.3 Å². The minimum atomic E-state index is -0.219. The summed E-state index contributed by atoms with van der Waals surface area (Å²) in [7, 11) is 1.82. The Balaban J connectivity index is 1.41. The lowest BCUT2D eigenvalue weighted by molar-refractivity contribution is 0.129. The lowest BCUT2D eigenvalue weighted by Gasteiger charge is -2.31. The molecule has 1 aromatic carbocycles. The van der Waals surface area contributed by atoms with Gasteiger partial charge in [0.05, 0.1) is 10.7 Å². The number of benzene rings is 1. The average molecular weight is 444 g/mol. The highest BCUT2D eigenvalue weighted by Crippen LogP contribution is 2.23. The zero-order valence-electron chi connectivity index (χ0n) is 19.6. The van der Waals surface area contributed by atoms with Gasteiger partial charge >= 0.3 is 0 Å². The molecule has 31 heavy (non-hydrogen) atoms. The van der Waals surface area contributed by atoms with Crippen molar-refractivity contribution in [2.24, 2.45) is 10.9 Å². The van der Waals surface area contributed by atoms with Crippen molar-refractivity contribution in [3.8, 4) is 5.75 Å². The summed E-state index contributed by atoms with van der Waals surface area (Å²) in [6.45, 7) is 13.1. The molecule has 3 rings (SSSR count). The van der Waals surface area contributed by atoms with Crippen LogP contribution in [-0.2, 0) is 13.1 Å². The number of hydrogen-bond acceptors (Lipinski definition) is 5. The fourth-order valence-corrected chi connectivity index (χ4v) is 4.38. The first-order chi connectivity index (χ1) is 14.8. The van der Waals surface area contributed by atoms with E-state index in [4.69, 9.17) is 4.74 Å². The number of piperidine rings is 1. The van der Waals surface area contributed by atoms with Crippen molar-refractivity contribution in [3.63, 3.8) is 0 Å². The maximum absolute atomic E-state index is 6.10. The van der Waals surface area contributed by atoms with Crippen LogP contribution in [0, 0.1) is 12.8 Å². The SMILES string of the molecule is CN=C(NCc1ccccc1OC(C)(C)C)NCC1CCN(Cc2csc(C)n2)CC1. The third kappa shape index (κ3) is 7.82. The van der Waals surface area contributed by atoms with Crippen LogP contribution in [0.5, 0.6) is 5.75 Å². The Morgan fingerprint density at radius 3 is 2.61 bits per heavy atom. The second-order valence-corrected chi connectivity index (χ2v) is 10.3. The van der Waals surface area contributed by atoms with Gasteiger partial charge in [-0.25, -0.2) is 4.98 Å². The molecule has 6 nitrogen and oxygen atoms in total. The van der Waals surface area contributed by atoms with Crippen molar-refractivity contribution < 1.29 is 4.74 Å². The van der Waals surface area contributed by atoms with Gasteiger partial charge in [0.1, 0.15) is 11.4 Å². The van der Waals surface area contributed by atoms with Crippen molar-refractivity contribution >= 4 is 17.3 Å². The maximum atomic E-state index is 6.10. The molecule has 0 bridgehead atoms. The molecule has 170 valence electrons. The average Bonchev–Trinajstić information content (AvgIpc) is 3.14. The summed E-state index contributed by atoms with van der Waals surface area (Å²) < 4.78 is 6.10. The smallest absolute Gasteiger partial charge is 0.191 e. The van der Waals surface area contributed by atoms with E-state index in [0.29, 0.717) is 12.5 Å². The molecule has 2 N–H and O–H groups in total. The monoisotopic (exact) mass is 443 g/mol. The van der Waals surface area contributed by atoms with E-state index in [2.05, 4.69) is 64.7 Å². The molecule has 0 atom stereocenters. The Kier molecular flexibility index (Phi) is 8.32. The van der Waals surface area contributed by atoms with Crippen molar-refractivity contribution in [1.82, 2.24) is 20.5 Å². The molecule has 0 aliphatic carbocycles. The van der Waals surface area contributed by atoms with E-state index < -0.39 is 0 Å². The lowest BCUT2D eigenvalue weighted by Crippen LogP contribution is -2.42. The molecule has 1 aromatic heterocycles. The van der Waals surface area contributed by atoms with Gasteiger partial charge in [0, 0.05) is 37.6 Å². The lowest BCUT2D eigenvalue weighted by atomic mass is 9.97. The first-order valence-electron chi connectivity index (χ1n) is 11.2. The Morgan fingerprint density at radius 2 is 1.97 bits per heavy atom. The summed E-state index contributed by atoms with van der Waals surface area (Å²) in [5.74, 6) is 2.43. The number of nitrogens with zero attached hydrogens (tertiary/aromatic N) is 3. The Labute approximate surface area is 191 Å². The van der Waals surface area contributed by atoms with Gasteiger partial charge in [-0.1, -0.05) is 18.2 Å². The summed E-state index contributed by atoms with van der Waals surface area (Å²) in [5, 5.41) is 10.3. The molecule has 7 heteroatoms. The number of aliphatic imine (C=N–C) groups is 1. The Morgan fingerprint density at radius 1 is 1.23 bits per heavy atom. The number of rotatable bonds is 7.